The minimum atomic E-state index is -0.183. The summed E-state index contributed by atoms with van der Waals surface area (Å²) in [5.41, 5.74) is 2.37. The highest BCUT2D eigenvalue weighted by molar-refractivity contribution is 9.09. The van der Waals surface area contributed by atoms with Gasteiger partial charge in [0.15, 0.2) is 0 Å². The molecule has 0 fully saturated rings. The Balaban J connectivity index is 2.24. The zero-order chi connectivity index (χ0) is 17.8. The average Bonchev–Trinajstić information content (AvgIpc) is 2.56. The number of ether oxygens (including phenoxy) is 1. The van der Waals surface area contributed by atoms with Crippen LogP contribution in [0.15, 0.2) is 24.3 Å². The molecule has 2 nitrogen and oxygen atoms in total. The number of esters is 1. The molecule has 0 saturated carbocycles. The predicted molar refractivity (Wildman–Crippen MR) is 106 cm³/mol. The third-order valence-corrected chi connectivity index (χ3v) is 4.81. The maximum absolute atomic E-state index is 12.2. The number of carbonyl (C=O) groups is 1. The summed E-state index contributed by atoms with van der Waals surface area (Å²) < 4.78 is 5.43. The first-order valence-electron chi connectivity index (χ1n) is 9.36. The lowest BCUT2D eigenvalue weighted by atomic mass is 9.97. The topological polar surface area (TPSA) is 26.3 Å². The number of rotatable bonds is 12. The molecule has 0 radical (unpaired) electrons. The van der Waals surface area contributed by atoms with Gasteiger partial charge in [-0.2, -0.15) is 0 Å². The van der Waals surface area contributed by atoms with Gasteiger partial charge >= 0.3 is 5.97 Å². The fraction of sp³-hybridized carbons (Fsp3) is 0.667. The summed E-state index contributed by atoms with van der Waals surface area (Å²) in [6, 6.07) is 8.39. The van der Waals surface area contributed by atoms with Gasteiger partial charge in [0.25, 0.3) is 0 Å². The Morgan fingerprint density at radius 3 is 2.12 bits per heavy atom. The first kappa shape index (κ1) is 21.2. The van der Waals surface area contributed by atoms with Crippen molar-refractivity contribution in [3.63, 3.8) is 0 Å². The van der Waals surface area contributed by atoms with Gasteiger partial charge in [-0.3, -0.25) is 4.79 Å². The Morgan fingerprint density at radius 1 is 0.958 bits per heavy atom. The van der Waals surface area contributed by atoms with Gasteiger partial charge in [0.05, 0.1) is 12.5 Å². The number of alkyl halides is 1. The van der Waals surface area contributed by atoms with E-state index in [-0.39, 0.29) is 11.9 Å². The summed E-state index contributed by atoms with van der Waals surface area (Å²) >= 11 is 3.45. The largest absolute Gasteiger partial charge is 0.465 e. The Bertz CT molecular complexity index is 453. The Labute approximate surface area is 156 Å². The molecule has 3 heteroatoms. The molecule has 1 unspecified atom stereocenters. The van der Waals surface area contributed by atoms with Crippen LogP contribution in [0.5, 0.6) is 0 Å². The fourth-order valence-electron chi connectivity index (χ4n) is 2.75. The molecule has 1 atom stereocenters. The van der Waals surface area contributed by atoms with Gasteiger partial charge in [-0.1, -0.05) is 79.7 Å². The van der Waals surface area contributed by atoms with Crippen molar-refractivity contribution in [1.29, 1.82) is 0 Å². The molecule has 136 valence electrons. The van der Waals surface area contributed by atoms with E-state index in [0.29, 0.717) is 12.5 Å². The van der Waals surface area contributed by atoms with Crippen molar-refractivity contribution in [3.8, 4) is 0 Å². The molecular formula is C21H33BrO2. The first-order valence-corrected chi connectivity index (χ1v) is 10.5. The minimum Gasteiger partial charge on any atom is -0.465 e. The smallest absolute Gasteiger partial charge is 0.313 e. The van der Waals surface area contributed by atoms with Crippen LogP contribution < -0.4 is 0 Å². The minimum absolute atomic E-state index is 0.106. The van der Waals surface area contributed by atoms with Crippen LogP contribution in [-0.2, 0) is 16.0 Å². The van der Waals surface area contributed by atoms with Gasteiger partial charge in [0, 0.05) is 5.33 Å². The number of unbranched alkanes of at least 4 members (excludes halogenated alkanes) is 5. The maximum atomic E-state index is 12.2. The van der Waals surface area contributed by atoms with Crippen molar-refractivity contribution in [2.45, 2.75) is 71.6 Å². The molecule has 1 aromatic carbocycles. The molecule has 1 rings (SSSR count). The first-order chi connectivity index (χ1) is 11.5. The van der Waals surface area contributed by atoms with Crippen LogP contribution in [0.3, 0.4) is 0 Å². The van der Waals surface area contributed by atoms with Crippen molar-refractivity contribution < 1.29 is 9.53 Å². The molecule has 0 aliphatic heterocycles. The molecule has 0 bridgehead atoms. The van der Waals surface area contributed by atoms with Gasteiger partial charge in [-0.05, 0) is 43.2 Å². The lowest BCUT2D eigenvalue weighted by Gasteiger charge is -2.13. The molecule has 0 N–H and O–H groups in total. The average molecular weight is 397 g/mol. The zero-order valence-electron chi connectivity index (χ0n) is 15.5. The van der Waals surface area contributed by atoms with E-state index in [1.807, 2.05) is 6.92 Å². The van der Waals surface area contributed by atoms with Crippen LogP contribution in [0.25, 0.3) is 0 Å². The molecule has 0 aliphatic rings. The van der Waals surface area contributed by atoms with Crippen LogP contribution in [0.1, 0.15) is 76.3 Å². The van der Waals surface area contributed by atoms with E-state index in [9.17, 15) is 4.79 Å². The highest BCUT2D eigenvalue weighted by atomic mass is 79.9. The molecule has 0 amide bonds. The monoisotopic (exact) mass is 396 g/mol. The lowest BCUT2D eigenvalue weighted by Crippen LogP contribution is -2.14. The Hall–Kier alpha value is -0.830. The summed E-state index contributed by atoms with van der Waals surface area (Å²) in [6.07, 6.45) is 8.25. The van der Waals surface area contributed by atoms with Crippen LogP contribution >= 0.6 is 15.9 Å². The molecule has 0 aliphatic carbocycles. The van der Waals surface area contributed by atoms with Gasteiger partial charge in [0.2, 0.25) is 0 Å². The van der Waals surface area contributed by atoms with Crippen LogP contribution in [0.4, 0.5) is 0 Å². The molecule has 0 aromatic heterocycles. The summed E-state index contributed by atoms with van der Waals surface area (Å²) in [5, 5.41) is 1.10. The van der Waals surface area contributed by atoms with Gasteiger partial charge < -0.3 is 4.74 Å². The van der Waals surface area contributed by atoms with Crippen molar-refractivity contribution in [3.05, 3.63) is 35.4 Å². The van der Waals surface area contributed by atoms with E-state index in [2.05, 4.69) is 54.0 Å². The summed E-state index contributed by atoms with van der Waals surface area (Å²) in [7, 11) is 0. The highest BCUT2D eigenvalue weighted by Crippen LogP contribution is 2.19. The van der Waals surface area contributed by atoms with Crippen LogP contribution in [0, 0.1) is 5.92 Å². The normalized spacial score (nSPS) is 12.4. The highest BCUT2D eigenvalue weighted by Gasteiger charge is 2.16. The Kier molecular flexibility index (Phi) is 11.1. The van der Waals surface area contributed by atoms with Gasteiger partial charge in [0.1, 0.15) is 0 Å². The third-order valence-electron chi connectivity index (χ3n) is 4.25. The number of hydrogen-bond acceptors (Lipinski definition) is 2. The zero-order valence-corrected chi connectivity index (χ0v) is 17.1. The van der Waals surface area contributed by atoms with Crippen LogP contribution in [0.2, 0.25) is 0 Å². The number of carbonyl (C=O) groups excluding carboxylic acids is 1. The van der Waals surface area contributed by atoms with Gasteiger partial charge in [-0.25, -0.2) is 0 Å². The number of hydrogen-bond donors (Lipinski definition) is 0. The van der Waals surface area contributed by atoms with Crippen molar-refractivity contribution >= 4 is 21.9 Å². The summed E-state index contributed by atoms with van der Waals surface area (Å²) in [5.74, 6) is 0.362. The van der Waals surface area contributed by atoms with E-state index in [4.69, 9.17) is 4.74 Å². The quantitative estimate of drug-likeness (QED) is 0.236. The standard InChI is InChI=1S/C21H33BrO2/c1-17(2)16-19-10-12-20(13-11-19)18(3)21(23)24-15-9-7-5-4-6-8-14-22/h10-13,17-18H,4-9,14-16H2,1-3H3. The fourth-order valence-corrected chi connectivity index (χ4v) is 3.15. The molecule has 1 aromatic rings. The molecule has 0 saturated heterocycles. The maximum Gasteiger partial charge on any atom is 0.313 e. The van der Waals surface area contributed by atoms with Gasteiger partial charge in [-0.15, -0.1) is 0 Å². The second-order valence-corrected chi connectivity index (χ2v) is 7.83. The second-order valence-electron chi connectivity index (χ2n) is 7.04. The predicted octanol–water partition coefficient (Wildman–Crippen LogP) is 6.27. The summed E-state index contributed by atoms with van der Waals surface area (Å²) in [6.45, 7) is 6.92. The molecule has 24 heavy (non-hydrogen) atoms. The van der Waals surface area contributed by atoms with Crippen molar-refractivity contribution in [1.82, 2.24) is 0 Å². The van der Waals surface area contributed by atoms with Crippen molar-refractivity contribution in [2.24, 2.45) is 5.92 Å². The van der Waals surface area contributed by atoms with E-state index in [0.717, 1.165) is 30.2 Å². The van der Waals surface area contributed by atoms with Crippen molar-refractivity contribution in [2.75, 3.05) is 11.9 Å². The molecule has 0 spiro atoms. The van der Waals surface area contributed by atoms with E-state index >= 15 is 0 Å². The second kappa shape index (κ2) is 12.5. The number of benzene rings is 1. The SMILES string of the molecule is CC(C)Cc1ccc(C(C)C(=O)OCCCCCCCCBr)cc1. The third kappa shape index (κ3) is 8.86. The lowest BCUT2D eigenvalue weighted by molar-refractivity contribution is -0.145. The molecular weight excluding hydrogens is 364 g/mol. The van der Waals surface area contributed by atoms with E-state index in [1.54, 1.807) is 0 Å². The van der Waals surface area contributed by atoms with E-state index in [1.165, 1.54) is 31.2 Å². The Morgan fingerprint density at radius 2 is 1.54 bits per heavy atom. The molecule has 0 heterocycles. The summed E-state index contributed by atoms with van der Waals surface area (Å²) in [4.78, 5) is 12.2. The van der Waals surface area contributed by atoms with Crippen LogP contribution in [-0.4, -0.2) is 17.9 Å². The number of halogens is 1. The van der Waals surface area contributed by atoms with E-state index < -0.39 is 0 Å².